The summed E-state index contributed by atoms with van der Waals surface area (Å²) in [6.07, 6.45) is 1.09. The normalized spacial score (nSPS) is 11.9. The summed E-state index contributed by atoms with van der Waals surface area (Å²) in [5.74, 6) is 0.792. The van der Waals surface area contributed by atoms with E-state index in [1.165, 1.54) is 12.1 Å². The van der Waals surface area contributed by atoms with E-state index in [9.17, 15) is 15.2 Å². The third kappa shape index (κ3) is 4.17. The number of hydrogen-bond donors (Lipinski definition) is 3. The van der Waals surface area contributed by atoms with Crippen molar-refractivity contribution in [2.24, 2.45) is 0 Å². The zero-order chi connectivity index (χ0) is 13.5. The summed E-state index contributed by atoms with van der Waals surface area (Å²) >= 11 is 0. The number of nitrogens with one attached hydrogen (secondary N) is 2. The van der Waals surface area contributed by atoms with Gasteiger partial charge in [-0.3, -0.25) is 10.1 Å². The van der Waals surface area contributed by atoms with Gasteiger partial charge in [0.1, 0.15) is 11.6 Å². The molecule has 7 heteroatoms. The molecule has 7 nitrogen and oxygen atoms in total. The molecule has 18 heavy (non-hydrogen) atoms. The van der Waals surface area contributed by atoms with Gasteiger partial charge in [0.2, 0.25) is 0 Å². The molecule has 0 saturated heterocycles. The Hall–Kier alpha value is -1.89. The van der Waals surface area contributed by atoms with E-state index in [0.29, 0.717) is 24.6 Å². The quantitative estimate of drug-likeness (QED) is 0.505. The van der Waals surface area contributed by atoms with Crippen LogP contribution in [0.25, 0.3) is 0 Å². The van der Waals surface area contributed by atoms with Crippen LogP contribution < -0.4 is 10.6 Å². The number of nitro groups is 1. The third-order valence-electron chi connectivity index (χ3n) is 2.42. The monoisotopic (exact) mass is 254 g/mol. The van der Waals surface area contributed by atoms with E-state index in [-0.39, 0.29) is 5.69 Å². The summed E-state index contributed by atoms with van der Waals surface area (Å²) in [5, 5.41) is 26.0. The molecule has 0 spiro atoms. The van der Waals surface area contributed by atoms with Crippen molar-refractivity contribution >= 4 is 17.3 Å². The maximum atomic E-state index is 10.7. The molecule has 100 valence electrons. The lowest BCUT2D eigenvalue weighted by molar-refractivity contribution is -0.384. The molecule has 0 aliphatic heterocycles. The van der Waals surface area contributed by atoms with Crippen molar-refractivity contribution in [1.82, 2.24) is 4.98 Å². The number of aliphatic hydroxyl groups is 1. The molecule has 0 aliphatic carbocycles. The lowest BCUT2D eigenvalue weighted by Crippen LogP contribution is -2.19. The highest BCUT2D eigenvalue weighted by atomic mass is 16.6. The van der Waals surface area contributed by atoms with Gasteiger partial charge in [0, 0.05) is 13.6 Å². The van der Waals surface area contributed by atoms with Crippen LogP contribution in [0.3, 0.4) is 0 Å². The number of hydrogen-bond acceptors (Lipinski definition) is 6. The lowest BCUT2D eigenvalue weighted by atomic mass is 10.2. The first-order valence-corrected chi connectivity index (χ1v) is 5.83. The van der Waals surface area contributed by atoms with Gasteiger partial charge < -0.3 is 15.7 Å². The largest absolute Gasteiger partial charge is 0.391 e. The third-order valence-corrected chi connectivity index (χ3v) is 2.42. The Kier molecular flexibility index (Phi) is 5.31. The predicted octanol–water partition coefficient (Wildman–Crippen LogP) is 1.60. The first kappa shape index (κ1) is 14.2. The summed E-state index contributed by atoms with van der Waals surface area (Å²) in [4.78, 5) is 14.4. The fourth-order valence-electron chi connectivity index (χ4n) is 1.50. The number of rotatable bonds is 7. The molecular formula is C11H18N4O3. The first-order valence-electron chi connectivity index (χ1n) is 5.83. The summed E-state index contributed by atoms with van der Waals surface area (Å²) in [5.41, 5.74) is -0.0400. The number of aromatic nitrogens is 1. The smallest absolute Gasteiger partial charge is 0.276 e. The molecule has 0 fully saturated rings. The molecule has 1 heterocycles. The van der Waals surface area contributed by atoms with Crippen molar-refractivity contribution in [2.75, 3.05) is 24.2 Å². The predicted molar refractivity (Wildman–Crippen MR) is 69.8 cm³/mol. The number of aliphatic hydroxyl groups excluding tert-OH is 1. The van der Waals surface area contributed by atoms with Crippen molar-refractivity contribution < 1.29 is 10.0 Å². The molecule has 3 N–H and O–H groups in total. The molecule has 0 aliphatic rings. The molecular weight excluding hydrogens is 236 g/mol. The molecule has 1 aromatic rings. The molecule has 0 saturated carbocycles. The maximum Gasteiger partial charge on any atom is 0.276 e. The van der Waals surface area contributed by atoms with E-state index in [2.05, 4.69) is 15.6 Å². The van der Waals surface area contributed by atoms with Gasteiger partial charge in [-0.1, -0.05) is 13.3 Å². The van der Waals surface area contributed by atoms with E-state index < -0.39 is 11.0 Å². The van der Waals surface area contributed by atoms with E-state index in [4.69, 9.17) is 0 Å². The van der Waals surface area contributed by atoms with E-state index in [1.54, 1.807) is 7.05 Å². The fourth-order valence-corrected chi connectivity index (χ4v) is 1.50. The van der Waals surface area contributed by atoms with E-state index >= 15 is 0 Å². The average Bonchev–Trinajstić information content (AvgIpc) is 2.36. The highest BCUT2D eigenvalue weighted by molar-refractivity contribution is 5.54. The Balaban J connectivity index is 2.75. The standard InChI is InChI=1S/C11H18N4O3/c1-3-4-9(16)7-13-11-6-8(15(17)18)5-10(12-2)14-11/h5-6,9,16H,3-4,7H2,1-2H3,(H2,12,13,14). The van der Waals surface area contributed by atoms with Gasteiger partial charge in [-0.2, -0.15) is 0 Å². The molecule has 0 bridgehead atoms. The van der Waals surface area contributed by atoms with Crippen molar-refractivity contribution in [2.45, 2.75) is 25.9 Å². The minimum atomic E-state index is -0.478. The second-order valence-corrected chi connectivity index (χ2v) is 3.93. The summed E-state index contributed by atoms with van der Waals surface area (Å²) in [6, 6.07) is 2.70. The van der Waals surface area contributed by atoms with Gasteiger partial charge in [-0.25, -0.2) is 4.98 Å². The fraction of sp³-hybridized carbons (Fsp3) is 0.545. The van der Waals surface area contributed by atoms with Crippen LogP contribution in [0.15, 0.2) is 12.1 Å². The maximum absolute atomic E-state index is 10.7. The van der Waals surface area contributed by atoms with Gasteiger partial charge in [-0.05, 0) is 6.42 Å². The van der Waals surface area contributed by atoms with Crippen LogP contribution in [0.5, 0.6) is 0 Å². The summed E-state index contributed by atoms with van der Waals surface area (Å²) < 4.78 is 0. The van der Waals surface area contributed by atoms with Gasteiger partial charge >= 0.3 is 0 Å². The Bertz CT molecular complexity index is 411. The van der Waals surface area contributed by atoms with Crippen molar-refractivity contribution in [1.29, 1.82) is 0 Å². The van der Waals surface area contributed by atoms with E-state index in [1.807, 2.05) is 6.92 Å². The zero-order valence-corrected chi connectivity index (χ0v) is 10.5. The van der Waals surface area contributed by atoms with Crippen LogP contribution in [0.2, 0.25) is 0 Å². The van der Waals surface area contributed by atoms with Crippen molar-refractivity contribution in [3.63, 3.8) is 0 Å². The Morgan fingerprint density at radius 2 is 2.17 bits per heavy atom. The SMILES string of the molecule is CCCC(O)CNc1cc([N+](=O)[O-])cc(NC)n1. The van der Waals surface area contributed by atoms with Crippen LogP contribution >= 0.6 is 0 Å². The second kappa shape index (κ2) is 6.75. The minimum absolute atomic E-state index is 0.0400. The van der Waals surface area contributed by atoms with Crippen molar-refractivity contribution in [3.8, 4) is 0 Å². The van der Waals surface area contributed by atoms with Crippen molar-refractivity contribution in [3.05, 3.63) is 22.2 Å². The van der Waals surface area contributed by atoms with Gasteiger partial charge in [0.25, 0.3) is 5.69 Å². The lowest BCUT2D eigenvalue weighted by Gasteiger charge is -2.11. The molecule has 1 atom stereocenters. The zero-order valence-electron chi connectivity index (χ0n) is 10.5. The molecule has 0 amide bonds. The van der Waals surface area contributed by atoms with Crippen LogP contribution in [-0.2, 0) is 0 Å². The molecule has 0 radical (unpaired) electrons. The van der Waals surface area contributed by atoms with Crippen LogP contribution in [0, 0.1) is 10.1 Å². The van der Waals surface area contributed by atoms with Gasteiger partial charge in [0.05, 0.1) is 23.2 Å². The second-order valence-electron chi connectivity index (χ2n) is 3.93. The minimum Gasteiger partial charge on any atom is -0.391 e. The van der Waals surface area contributed by atoms with Crippen LogP contribution in [0.1, 0.15) is 19.8 Å². The topological polar surface area (TPSA) is 100 Å². The van der Waals surface area contributed by atoms with Gasteiger partial charge in [0.15, 0.2) is 0 Å². The summed E-state index contributed by atoms with van der Waals surface area (Å²) in [6.45, 7) is 2.30. The molecule has 0 aromatic carbocycles. The number of nitrogens with zero attached hydrogens (tertiary/aromatic N) is 2. The van der Waals surface area contributed by atoms with Crippen LogP contribution in [0.4, 0.5) is 17.3 Å². The Morgan fingerprint density at radius 1 is 1.50 bits per heavy atom. The highest BCUT2D eigenvalue weighted by Gasteiger charge is 2.11. The molecule has 1 aromatic heterocycles. The molecule has 1 rings (SSSR count). The van der Waals surface area contributed by atoms with Crippen LogP contribution in [-0.4, -0.2) is 34.7 Å². The highest BCUT2D eigenvalue weighted by Crippen LogP contribution is 2.20. The van der Waals surface area contributed by atoms with E-state index in [0.717, 1.165) is 6.42 Å². The van der Waals surface area contributed by atoms with Gasteiger partial charge in [-0.15, -0.1) is 0 Å². The number of anilines is 2. The summed E-state index contributed by atoms with van der Waals surface area (Å²) in [7, 11) is 1.64. The Labute approximate surface area is 105 Å². The average molecular weight is 254 g/mol. The number of pyridine rings is 1. The Morgan fingerprint density at radius 3 is 2.72 bits per heavy atom. The first-order chi connectivity index (χ1) is 8.56. The molecule has 1 unspecified atom stereocenters.